The maximum Gasteiger partial charge on any atom is 0.231 e. The van der Waals surface area contributed by atoms with Gasteiger partial charge in [0, 0.05) is 37.7 Å². The minimum absolute atomic E-state index is 0.0325. The van der Waals surface area contributed by atoms with Crippen molar-refractivity contribution < 1.29 is 19.1 Å². The summed E-state index contributed by atoms with van der Waals surface area (Å²) in [7, 11) is 1.64. The quantitative estimate of drug-likeness (QED) is 0.640. The number of para-hydroxylation sites is 1. The predicted octanol–water partition coefficient (Wildman–Crippen LogP) is 2.92. The van der Waals surface area contributed by atoms with E-state index in [1.807, 2.05) is 38.1 Å². The maximum absolute atomic E-state index is 13.4. The van der Waals surface area contributed by atoms with Gasteiger partial charge in [-0.2, -0.15) is 0 Å². The summed E-state index contributed by atoms with van der Waals surface area (Å²) in [5.41, 5.74) is 6.66. The van der Waals surface area contributed by atoms with Crippen LogP contribution < -0.4 is 15.8 Å². The number of methoxy groups -OCH3 is 1. The zero-order valence-corrected chi connectivity index (χ0v) is 20.4. The van der Waals surface area contributed by atoms with Crippen LogP contribution in [0.1, 0.15) is 70.4 Å². The molecular weight excluding hydrogens is 432 g/mol. The number of nitrogens with two attached hydrogens (primary N) is 1. The fourth-order valence-corrected chi connectivity index (χ4v) is 5.96. The van der Waals surface area contributed by atoms with Gasteiger partial charge in [-0.1, -0.05) is 18.2 Å². The molecule has 2 amide bonds. The van der Waals surface area contributed by atoms with E-state index in [0.717, 1.165) is 37.0 Å². The lowest BCUT2D eigenvalue weighted by atomic mass is 9.73. The first-order chi connectivity index (χ1) is 16.2. The maximum atomic E-state index is 13.4. The van der Waals surface area contributed by atoms with E-state index < -0.39 is 5.54 Å². The van der Waals surface area contributed by atoms with E-state index in [1.165, 1.54) is 6.42 Å². The fraction of sp³-hybridized carbons (Fsp3) is 0.654. The molecule has 0 saturated heterocycles. The molecule has 3 N–H and O–H groups in total. The highest BCUT2D eigenvalue weighted by Gasteiger charge is 2.53. The number of ether oxygens (including phenoxy) is 2. The van der Waals surface area contributed by atoms with E-state index in [-0.39, 0.29) is 47.3 Å². The number of carbonyl (C=O) groups is 2. The summed E-state index contributed by atoms with van der Waals surface area (Å²) in [5, 5.41) is 3.32. The Kier molecular flexibility index (Phi) is 5.82. The normalized spacial score (nSPS) is 29.4. The molecule has 0 bridgehead atoms. The molecule has 8 nitrogen and oxygen atoms in total. The number of rotatable bonds is 7. The molecule has 5 rings (SSSR count). The second-order valence-corrected chi connectivity index (χ2v) is 11.0. The molecule has 34 heavy (non-hydrogen) atoms. The molecule has 1 aromatic rings. The molecule has 2 aliphatic heterocycles. The van der Waals surface area contributed by atoms with Crippen LogP contribution in [0.3, 0.4) is 0 Å². The lowest BCUT2D eigenvalue weighted by Crippen LogP contribution is -2.55. The Hall–Kier alpha value is -2.61. The second kappa shape index (κ2) is 8.56. The summed E-state index contributed by atoms with van der Waals surface area (Å²) in [6.45, 7) is 4.31. The van der Waals surface area contributed by atoms with E-state index >= 15 is 0 Å². The molecule has 2 saturated carbocycles. The molecule has 1 spiro atoms. The van der Waals surface area contributed by atoms with E-state index in [9.17, 15) is 9.59 Å². The molecule has 2 aliphatic carbocycles. The number of nitrogens with one attached hydrogen (secondary N) is 1. The Balaban J connectivity index is 1.31. The van der Waals surface area contributed by atoms with E-state index in [1.54, 1.807) is 12.0 Å². The van der Waals surface area contributed by atoms with Crippen molar-refractivity contribution in [1.82, 2.24) is 10.2 Å². The zero-order valence-electron chi connectivity index (χ0n) is 20.4. The number of carbonyl (C=O) groups excluding carboxylic acids is 2. The van der Waals surface area contributed by atoms with Gasteiger partial charge in [0.25, 0.3) is 0 Å². The molecule has 2 fully saturated rings. The van der Waals surface area contributed by atoms with Gasteiger partial charge in [0.1, 0.15) is 11.4 Å². The highest BCUT2D eigenvalue weighted by Crippen LogP contribution is 2.50. The third-order valence-corrected chi connectivity index (χ3v) is 7.92. The molecule has 4 atom stereocenters. The standard InChI is InChI=1S/C26H36N4O4/c1-25(2)15-22(31)30(24(27)29-25)20(9-12-33-3)17-13-18(17)23(32)28-19-14-26(10-6-11-26)34-21-8-5-4-7-16(19)21/h4-5,7-8,17-20H,6,9-15H2,1-3H3,(H2,27,29)(H,28,32)/t17?,18-,19?,20+/m0/s1. The molecule has 1 aromatic carbocycles. The SMILES string of the molecule is COCC[C@H](C1C[C@@H]1C(=O)NC1CC2(CCC2)Oc2ccccc21)N1C(=O)CC(C)(C)N=C1N. The topological polar surface area (TPSA) is 106 Å². The van der Waals surface area contributed by atoms with Gasteiger partial charge >= 0.3 is 0 Å². The number of nitrogens with zero attached hydrogens (tertiary/aromatic N) is 2. The number of fused-ring (bicyclic) bond motifs is 1. The number of hydrogen-bond donors (Lipinski definition) is 2. The lowest BCUT2D eigenvalue weighted by Gasteiger charge is -2.48. The van der Waals surface area contributed by atoms with Crippen LogP contribution in [0.15, 0.2) is 29.3 Å². The van der Waals surface area contributed by atoms with Gasteiger partial charge in [-0.25, -0.2) is 4.99 Å². The van der Waals surface area contributed by atoms with Crippen LogP contribution >= 0.6 is 0 Å². The Labute approximate surface area is 201 Å². The van der Waals surface area contributed by atoms with Gasteiger partial charge in [0.2, 0.25) is 11.8 Å². The van der Waals surface area contributed by atoms with E-state index in [4.69, 9.17) is 15.2 Å². The molecule has 0 radical (unpaired) electrons. The molecular formula is C26H36N4O4. The minimum atomic E-state index is -0.502. The molecule has 2 unspecified atom stereocenters. The molecule has 8 heteroatoms. The van der Waals surface area contributed by atoms with Gasteiger partial charge in [0.05, 0.1) is 18.0 Å². The van der Waals surface area contributed by atoms with Crippen LogP contribution in [0.5, 0.6) is 5.75 Å². The second-order valence-electron chi connectivity index (χ2n) is 11.0. The first kappa shape index (κ1) is 23.1. The summed E-state index contributed by atoms with van der Waals surface area (Å²) in [4.78, 5) is 32.6. The van der Waals surface area contributed by atoms with Crippen molar-refractivity contribution in [2.24, 2.45) is 22.6 Å². The van der Waals surface area contributed by atoms with Gasteiger partial charge in [0.15, 0.2) is 5.96 Å². The van der Waals surface area contributed by atoms with Crippen LogP contribution in [0, 0.1) is 11.8 Å². The van der Waals surface area contributed by atoms with Crippen LogP contribution in [0.2, 0.25) is 0 Å². The third kappa shape index (κ3) is 4.28. The lowest BCUT2D eigenvalue weighted by molar-refractivity contribution is -0.132. The molecule has 4 aliphatic rings. The number of guanidine groups is 1. The minimum Gasteiger partial charge on any atom is -0.487 e. The summed E-state index contributed by atoms with van der Waals surface area (Å²) < 4.78 is 11.6. The van der Waals surface area contributed by atoms with Crippen LogP contribution in [-0.2, 0) is 14.3 Å². The van der Waals surface area contributed by atoms with Gasteiger partial charge < -0.3 is 20.5 Å². The van der Waals surface area contributed by atoms with Crippen molar-refractivity contribution in [3.8, 4) is 5.75 Å². The van der Waals surface area contributed by atoms with Gasteiger partial charge in [-0.05, 0) is 57.9 Å². The highest BCUT2D eigenvalue weighted by atomic mass is 16.5. The highest BCUT2D eigenvalue weighted by molar-refractivity contribution is 5.99. The van der Waals surface area contributed by atoms with Crippen molar-refractivity contribution in [3.63, 3.8) is 0 Å². The largest absolute Gasteiger partial charge is 0.487 e. The Morgan fingerprint density at radius 3 is 2.79 bits per heavy atom. The molecule has 2 heterocycles. The van der Waals surface area contributed by atoms with Gasteiger partial charge in [-0.15, -0.1) is 0 Å². The third-order valence-electron chi connectivity index (χ3n) is 7.92. The van der Waals surface area contributed by atoms with E-state index in [2.05, 4.69) is 10.3 Å². The van der Waals surface area contributed by atoms with Gasteiger partial charge in [-0.3, -0.25) is 14.5 Å². The summed E-state index contributed by atoms with van der Waals surface area (Å²) in [6.07, 6.45) is 5.70. The van der Waals surface area contributed by atoms with Crippen LogP contribution in [0.4, 0.5) is 0 Å². The Morgan fingerprint density at radius 1 is 1.35 bits per heavy atom. The van der Waals surface area contributed by atoms with E-state index in [0.29, 0.717) is 19.4 Å². The Bertz CT molecular complexity index is 1000. The first-order valence-corrected chi connectivity index (χ1v) is 12.5. The summed E-state index contributed by atoms with van der Waals surface area (Å²) in [6, 6.07) is 7.77. The molecule has 0 aromatic heterocycles. The van der Waals surface area contributed by atoms with Crippen molar-refractivity contribution in [2.45, 2.75) is 82.0 Å². The smallest absolute Gasteiger partial charge is 0.231 e. The van der Waals surface area contributed by atoms with Crippen molar-refractivity contribution in [2.75, 3.05) is 13.7 Å². The fourth-order valence-electron chi connectivity index (χ4n) is 5.96. The monoisotopic (exact) mass is 468 g/mol. The molecule has 184 valence electrons. The summed E-state index contributed by atoms with van der Waals surface area (Å²) >= 11 is 0. The number of benzene rings is 1. The average molecular weight is 469 g/mol. The van der Waals surface area contributed by atoms with Crippen LogP contribution in [-0.4, -0.2) is 53.6 Å². The number of amides is 2. The predicted molar refractivity (Wildman–Crippen MR) is 128 cm³/mol. The van der Waals surface area contributed by atoms with Crippen molar-refractivity contribution in [3.05, 3.63) is 29.8 Å². The average Bonchev–Trinajstić information content (AvgIpc) is 3.54. The summed E-state index contributed by atoms with van der Waals surface area (Å²) in [5.74, 6) is 1.04. The zero-order chi connectivity index (χ0) is 24.1. The first-order valence-electron chi connectivity index (χ1n) is 12.5. The number of aliphatic imine (C=N–C) groups is 1. The number of hydrogen-bond acceptors (Lipinski definition) is 6. The van der Waals surface area contributed by atoms with Crippen LogP contribution in [0.25, 0.3) is 0 Å². The Morgan fingerprint density at radius 2 is 2.12 bits per heavy atom. The van der Waals surface area contributed by atoms with Crippen molar-refractivity contribution in [1.29, 1.82) is 0 Å². The van der Waals surface area contributed by atoms with Crippen molar-refractivity contribution >= 4 is 17.8 Å².